The first-order valence-corrected chi connectivity index (χ1v) is 7.78. The number of hydrogen-bond donors (Lipinski definition) is 3. The van der Waals surface area contributed by atoms with Crippen molar-refractivity contribution < 1.29 is 4.79 Å². The molecule has 1 atom stereocenters. The van der Waals surface area contributed by atoms with Crippen LogP contribution < -0.4 is 10.6 Å². The average molecular weight is 323 g/mol. The standard InChI is InChI=1S/C16H17N7O/c24-16(15-14-13(5-6-18-15)20-9-21-14)19-7-11-1-3-12(4-2-11)23-10-17-8-22-23/h1-4,8-10,15,18H,5-7H2,(H,19,24)(H,20,21)/t15-/m0/s1. The Labute approximate surface area is 138 Å². The van der Waals surface area contributed by atoms with E-state index in [2.05, 4.69) is 30.7 Å². The summed E-state index contributed by atoms with van der Waals surface area (Å²) >= 11 is 0. The van der Waals surface area contributed by atoms with Gasteiger partial charge >= 0.3 is 0 Å². The van der Waals surface area contributed by atoms with Gasteiger partial charge in [-0.3, -0.25) is 4.79 Å². The summed E-state index contributed by atoms with van der Waals surface area (Å²) in [5, 5.41) is 10.3. The summed E-state index contributed by atoms with van der Waals surface area (Å²) in [6.45, 7) is 1.23. The summed E-state index contributed by atoms with van der Waals surface area (Å²) < 4.78 is 1.69. The third kappa shape index (κ3) is 2.79. The van der Waals surface area contributed by atoms with Crippen molar-refractivity contribution in [3.05, 3.63) is 60.2 Å². The number of carbonyl (C=O) groups excluding carboxylic acids is 1. The topological polar surface area (TPSA) is 101 Å². The van der Waals surface area contributed by atoms with Gasteiger partial charge in [-0.15, -0.1) is 0 Å². The van der Waals surface area contributed by atoms with Crippen LogP contribution in [0.3, 0.4) is 0 Å². The number of aromatic amines is 1. The number of benzene rings is 1. The molecule has 0 bridgehead atoms. The normalized spacial score (nSPS) is 16.6. The van der Waals surface area contributed by atoms with E-state index < -0.39 is 6.04 Å². The smallest absolute Gasteiger partial charge is 0.243 e. The molecule has 1 amide bonds. The summed E-state index contributed by atoms with van der Waals surface area (Å²) in [6.07, 6.45) is 5.64. The Hall–Kier alpha value is -3.00. The molecule has 4 rings (SSSR count). The van der Waals surface area contributed by atoms with Crippen LogP contribution in [-0.4, -0.2) is 37.2 Å². The molecule has 3 N–H and O–H groups in total. The first-order valence-electron chi connectivity index (χ1n) is 7.78. The monoisotopic (exact) mass is 323 g/mol. The van der Waals surface area contributed by atoms with Crippen LogP contribution in [0, 0.1) is 0 Å². The van der Waals surface area contributed by atoms with Gasteiger partial charge in [-0.1, -0.05) is 12.1 Å². The van der Waals surface area contributed by atoms with E-state index in [9.17, 15) is 4.79 Å². The zero-order chi connectivity index (χ0) is 16.4. The SMILES string of the molecule is O=C(NCc1ccc(-n2cncn2)cc1)[C@H]1NCCc2[nH]cnc21. The van der Waals surface area contributed by atoms with E-state index >= 15 is 0 Å². The molecule has 3 heterocycles. The van der Waals surface area contributed by atoms with Crippen LogP contribution in [0.2, 0.25) is 0 Å². The van der Waals surface area contributed by atoms with Gasteiger partial charge in [0.15, 0.2) is 0 Å². The molecule has 1 aliphatic heterocycles. The second kappa shape index (κ2) is 6.25. The molecule has 3 aromatic rings. The zero-order valence-electron chi connectivity index (χ0n) is 12.9. The minimum absolute atomic E-state index is 0.0663. The molecule has 0 spiro atoms. The summed E-state index contributed by atoms with van der Waals surface area (Å²) in [5.41, 5.74) is 3.77. The lowest BCUT2D eigenvalue weighted by molar-refractivity contribution is -0.123. The van der Waals surface area contributed by atoms with Gasteiger partial charge in [0, 0.05) is 25.2 Å². The maximum atomic E-state index is 12.4. The quantitative estimate of drug-likeness (QED) is 0.649. The Morgan fingerprint density at radius 2 is 2.21 bits per heavy atom. The molecule has 1 aromatic carbocycles. The fraction of sp³-hybridized carbons (Fsp3) is 0.250. The highest BCUT2D eigenvalue weighted by atomic mass is 16.2. The van der Waals surface area contributed by atoms with E-state index in [1.165, 1.54) is 6.33 Å². The van der Waals surface area contributed by atoms with Crippen LogP contribution in [-0.2, 0) is 17.8 Å². The van der Waals surface area contributed by atoms with Crippen molar-refractivity contribution in [2.24, 2.45) is 0 Å². The fourth-order valence-electron chi connectivity index (χ4n) is 2.83. The molecule has 8 nitrogen and oxygen atoms in total. The molecule has 1 aliphatic rings. The molecule has 122 valence electrons. The summed E-state index contributed by atoms with van der Waals surface area (Å²) in [6, 6.07) is 7.42. The lowest BCUT2D eigenvalue weighted by Gasteiger charge is -2.22. The Kier molecular flexibility index (Phi) is 3.80. The number of aromatic nitrogens is 5. The minimum Gasteiger partial charge on any atom is -0.350 e. The minimum atomic E-state index is -0.394. The molecule has 0 saturated heterocycles. The van der Waals surface area contributed by atoms with Gasteiger partial charge in [0.05, 0.1) is 17.7 Å². The van der Waals surface area contributed by atoms with E-state index in [4.69, 9.17) is 0 Å². The van der Waals surface area contributed by atoms with Crippen LogP contribution >= 0.6 is 0 Å². The van der Waals surface area contributed by atoms with Gasteiger partial charge in [-0.25, -0.2) is 14.6 Å². The van der Waals surface area contributed by atoms with Gasteiger partial charge < -0.3 is 15.6 Å². The molecule has 0 radical (unpaired) electrons. The Morgan fingerprint density at radius 3 is 3.00 bits per heavy atom. The molecule has 2 aromatic heterocycles. The molecule has 0 fully saturated rings. The number of rotatable bonds is 4. The number of amides is 1. The van der Waals surface area contributed by atoms with Crippen molar-refractivity contribution in [3.63, 3.8) is 0 Å². The number of fused-ring (bicyclic) bond motifs is 1. The number of H-pyrrole nitrogens is 1. The summed E-state index contributed by atoms with van der Waals surface area (Å²) in [5.74, 6) is -0.0663. The number of nitrogens with one attached hydrogen (secondary N) is 3. The van der Waals surface area contributed by atoms with Crippen LogP contribution in [0.15, 0.2) is 43.2 Å². The number of imidazole rings is 1. The van der Waals surface area contributed by atoms with Crippen molar-refractivity contribution in [1.82, 2.24) is 35.4 Å². The van der Waals surface area contributed by atoms with Crippen molar-refractivity contribution in [1.29, 1.82) is 0 Å². The largest absolute Gasteiger partial charge is 0.350 e. The summed E-state index contributed by atoms with van der Waals surface area (Å²) in [7, 11) is 0. The van der Waals surface area contributed by atoms with Crippen molar-refractivity contribution >= 4 is 5.91 Å². The Balaban J connectivity index is 1.40. The van der Waals surface area contributed by atoms with Crippen LogP contribution in [0.1, 0.15) is 23.0 Å². The Bertz CT molecular complexity index is 823. The molecule has 0 aliphatic carbocycles. The molecule has 0 saturated carbocycles. The van der Waals surface area contributed by atoms with E-state index in [-0.39, 0.29) is 5.91 Å². The number of hydrogen-bond acceptors (Lipinski definition) is 5. The third-order valence-electron chi connectivity index (χ3n) is 4.10. The molecule has 8 heteroatoms. The lowest BCUT2D eigenvalue weighted by atomic mass is 10.0. The van der Waals surface area contributed by atoms with Gasteiger partial charge in [-0.05, 0) is 17.7 Å². The van der Waals surface area contributed by atoms with Crippen molar-refractivity contribution in [3.8, 4) is 5.69 Å². The molecule has 0 unspecified atom stereocenters. The first-order chi connectivity index (χ1) is 11.8. The molecular weight excluding hydrogens is 306 g/mol. The lowest BCUT2D eigenvalue weighted by Crippen LogP contribution is -2.41. The van der Waals surface area contributed by atoms with Crippen molar-refractivity contribution in [2.75, 3.05) is 6.54 Å². The van der Waals surface area contributed by atoms with Crippen LogP contribution in [0.4, 0.5) is 0 Å². The highest BCUT2D eigenvalue weighted by Gasteiger charge is 2.28. The zero-order valence-corrected chi connectivity index (χ0v) is 12.9. The van der Waals surface area contributed by atoms with E-state index in [1.54, 1.807) is 17.3 Å². The average Bonchev–Trinajstić information content (AvgIpc) is 3.31. The highest BCUT2D eigenvalue weighted by Crippen LogP contribution is 2.19. The van der Waals surface area contributed by atoms with E-state index in [0.717, 1.165) is 35.6 Å². The van der Waals surface area contributed by atoms with Crippen LogP contribution in [0.5, 0.6) is 0 Å². The second-order valence-electron chi connectivity index (χ2n) is 5.63. The highest BCUT2D eigenvalue weighted by molar-refractivity contribution is 5.83. The van der Waals surface area contributed by atoms with Crippen LogP contribution in [0.25, 0.3) is 5.69 Å². The first kappa shape index (κ1) is 14.6. The van der Waals surface area contributed by atoms with Gasteiger partial charge in [0.25, 0.3) is 0 Å². The van der Waals surface area contributed by atoms with Gasteiger partial charge in [0.1, 0.15) is 18.7 Å². The second-order valence-corrected chi connectivity index (χ2v) is 5.63. The van der Waals surface area contributed by atoms with Gasteiger partial charge in [0.2, 0.25) is 5.91 Å². The third-order valence-corrected chi connectivity index (χ3v) is 4.10. The Morgan fingerprint density at radius 1 is 1.33 bits per heavy atom. The molecular formula is C16H17N7O. The van der Waals surface area contributed by atoms with Crippen molar-refractivity contribution in [2.45, 2.75) is 19.0 Å². The van der Waals surface area contributed by atoms with Gasteiger partial charge in [-0.2, -0.15) is 5.10 Å². The van der Waals surface area contributed by atoms with E-state index in [1.807, 2.05) is 24.3 Å². The predicted molar refractivity (Wildman–Crippen MR) is 86.2 cm³/mol. The fourth-order valence-corrected chi connectivity index (χ4v) is 2.83. The predicted octanol–water partition coefficient (Wildman–Crippen LogP) is 0.494. The maximum absolute atomic E-state index is 12.4. The van der Waals surface area contributed by atoms with E-state index in [0.29, 0.717) is 6.54 Å². The summed E-state index contributed by atoms with van der Waals surface area (Å²) in [4.78, 5) is 23.7. The number of nitrogens with zero attached hydrogens (tertiary/aromatic N) is 4. The molecule has 24 heavy (non-hydrogen) atoms. The number of carbonyl (C=O) groups is 1. The maximum Gasteiger partial charge on any atom is 0.243 e.